The van der Waals surface area contributed by atoms with E-state index in [1.807, 2.05) is 0 Å². The van der Waals surface area contributed by atoms with Gasteiger partial charge in [-0.05, 0) is 37.5 Å². The van der Waals surface area contributed by atoms with Crippen molar-refractivity contribution in [2.75, 3.05) is 6.61 Å². The number of ether oxygens (including phenoxy) is 2. The molecule has 0 heterocycles. The predicted octanol–water partition coefficient (Wildman–Crippen LogP) is 6.88. The molecule has 1 rings (SSSR count). The number of hydrogen-bond acceptors (Lipinski definition) is 4. The SMILES string of the molecule is CCCCCCOC(=O)CCCCCCCCC(=O)OCc1cc(F)ccc1Br. The molecule has 0 unspecified atom stereocenters. The highest BCUT2D eigenvalue weighted by Gasteiger charge is 2.07. The van der Waals surface area contributed by atoms with E-state index in [1.54, 1.807) is 6.07 Å². The number of halogens is 2. The van der Waals surface area contributed by atoms with E-state index in [2.05, 4.69) is 22.9 Å². The van der Waals surface area contributed by atoms with Crippen LogP contribution in [0.3, 0.4) is 0 Å². The average Bonchev–Trinajstić information content (AvgIpc) is 2.70. The van der Waals surface area contributed by atoms with Crippen molar-refractivity contribution in [3.8, 4) is 0 Å². The van der Waals surface area contributed by atoms with Crippen molar-refractivity contribution in [2.24, 2.45) is 0 Å². The van der Waals surface area contributed by atoms with Gasteiger partial charge in [0.05, 0.1) is 6.61 Å². The summed E-state index contributed by atoms with van der Waals surface area (Å²) in [5.41, 5.74) is 0.623. The van der Waals surface area contributed by atoms with Crippen LogP contribution in [0.5, 0.6) is 0 Å². The predicted molar refractivity (Wildman–Crippen MR) is 116 cm³/mol. The molecule has 0 spiro atoms. The van der Waals surface area contributed by atoms with Crippen molar-refractivity contribution in [1.29, 1.82) is 0 Å². The molecular formula is C23H34BrFO4. The number of hydrogen-bond donors (Lipinski definition) is 0. The molecular weight excluding hydrogens is 439 g/mol. The summed E-state index contributed by atoms with van der Waals surface area (Å²) in [6, 6.07) is 4.32. The van der Waals surface area contributed by atoms with Crippen molar-refractivity contribution < 1.29 is 23.5 Å². The average molecular weight is 473 g/mol. The van der Waals surface area contributed by atoms with E-state index >= 15 is 0 Å². The topological polar surface area (TPSA) is 52.6 Å². The Morgan fingerprint density at radius 3 is 2.10 bits per heavy atom. The van der Waals surface area contributed by atoms with E-state index in [0.29, 0.717) is 25.0 Å². The molecule has 0 fully saturated rings. The zero-order valence-electron chi connectivity index (χ0n) is 17.5. The number of carbonyl (C=O) groups is 2. The maximum Gasteiger partial charge on any atom is 0.306 e. The van der Waals surface area contributed by atoms with E-state index in [9.17, 15) is 14.0 Å². The summed E-state index contributed by atoms with van der Waals surface area (Å²) in [5.74, 6) is -0.698. The Kier molecular flexibility index (Phi) is 14.5. The van der Waals surface area contributed by atoms with Crippen LogP contribution in [0.4, 0.5) is 4.39 Å². The normalized spacial score (nSPS) is 10.7. The van der Waals surface area contributed by atoms with Crippen LogP contribution in [0.2, 0.25) is 0 Å². The number of benzene rings is 1. The molecule has 0 amide bonds. The number of rotatable bonds is 16. The highest BCUT2D eigenvalue weighted by molar-refractivity contribution is 9.10. The Bertz CT molecular complexity index is 607. The fourth-order valence-corrected chi connectivity index (χ4v) is 3.28. The van der Waals surface area contributed by atoms with Crippen molar-refractivity contribution in [3.63, 3.8) is 0 Å². The van der Waals surface area contributed by atoms with Gasteiger partial charge >= 0.3 is 11.9 Å². The van der Waals surface area contributed by atoms with Gasteiger partial charge in [-0.2, -0.15) is 0 Å². The molecule has 0 atom stereocenters. The van der Waals surface area contributed by atoms with Crippen molar-refractivity contribution in [2.45, 2.75) is 90.6 Å². The van der Waals surface area contributed by atoms with Gasteiger partial charge in [0.25, 0.3) is 0 Å². The molecule has 1 aromatic carbocycles. The summed E-state index contributed by atoms with van der Waals surface area (Å²) >= 11 is 3.32. The molecule has 0 bridgehead atoms. The van der Waals surface area contributed by atoms with Crippen LogP contribution in [0.15, 0.2) is 22.7 Å². The molecule has 29 heavy (non-hydrogen) atoms. The molecule has 6 heteroatoms. The van der Waals surface area contributed by atoms with Crippen LogP contribution in [-0.4, -0.2) is 18.5 Å². The quantitative estimate of drug-likeness (QED) is 0.194. The number of carbonyl (C=O) groups excluding carboxylic acids is 2. The molecule has 0 aliphatic rings. The van der Waals surface area contributed by atoms with Crippen molar-refractivity contribution in [1.82, 2.24) is 0 Å². The van der Waals surface area contributed by atoms with Gasteiger partial charge in [-0.1, -0.05) is 67.8 Å². The van der Waals surface area contributed by atoms with E-state index in [1.165, 1.54) is 25.0 Å². The van der Waals surface area contributed by atoms with Crippen LogP contribution < -0.4 is 0 Å². The van der Waals surface area contributed by atoms with Gasteiger partial charge in [0.2, 0.25) is 0 Å². The zero-order chi connectivity index (χ0) is 21.3. The van der Waals surface area contributed by atoms with Crippen LogP contribution >= 0.6 is 15.9 Å². The maximum absolute atomic E-state index is 13.2. The molecule has 4 nitrogen and oxygen atoms in total. The Morgan fingerprint density at radius 2 is 1.45 bits per heavy atom. The lowest BCUT2D eigenvalue weighted by Crippen LogP contribution is -2.05. The lowest BCUT2D eigenvalue weighted by atomic mass is 10.1. The molecule has 0 saturated carbocycles. The molecule has 0 aliphatic heterocycles. The smallest absolute Gasteiger partial charge is 0.306 e. The van der Waals surface area contributed by atoms with E-state index in [-0.39, 0.29) is 24.4 Å². The first-order valence-corrected chi connectivity index (χ1v) is 11.6. The largest absolute Gasteiger partial charge is 0.466 e. The van der Waals surface area contributed by atoms with Crippen molar-refractivity contribution in [3.05, 3.63) is 34.1 Å². The van der Waals surface area contributed by atoms with Crippen LogP contribution in [0.25, 0.3) is 0 Å². The summed E-state index contributed by atoms with van der Waals surface area (Å²) in [7, 11) is 0. The minimum absolute atomic E-state index is 0.0753. The van der Waals surface area contributed by atoms with E-state index in [0.717, 1.165) is 55.8 Å². The Morgan fingerprint density at radius 1 is 0.862 bits per heavy atom. The fraction of sp³-hybridized carbons (Fsp3) is 0.652. The van der Waals surface area contributed by atoms with Gasteiger partial charge in [0.1, 0.15) is 12.4 Å². The zero-order valence-corrected chi connectivity index (χ0v) is 19.1. The standard InChI is InChI=1S/C23H34BrFO4/c1-2-3-4-11-16-28-22(26)12-9-7-5-6-8-10-13-23(27)29-18-19-17-20(25)14-15-21(19)24/h14-15,17H,2-13,16,18H2,1H3. The summed E-state index contributed by atoms with van der Waals surface area (Å²) in [5, 5.41) is 0. The third-order valence-electron chi connectivity index (χ3n) is 4.67. The summed E-state index contributed by atoms with van der Waals surface area (Å²) in [6.07, 6.45) is 11.0. The first-order chi connectivity index (χ1) is 14.0. The lowest BCUT2D eigenvalue weighted by molar-refractivity contribution is -0.145. The van der Waals surface area contributed by atoms with Crippen molar-refractivity contribution >= 4 is 27.9 Å². The highest BCUT2D eigenvalue weighted by Crippen LogP contribution is 2.19. The Balaban J connectivity index is 1.94. The van der Waals surface area contributed by atoms with Gasteiger partial charge in [-0.3, -0.25) is 9.59 Å². The molecule has 0 aliphatic carbocycles. The molecule has 0 saturated heterocycles. The fourth-order valence-electron chi connectivity index (χ4n) is 2.92. The second-order valence-electron chi connectivity index (χ2n) is 7.30. The molecule has 164 valence electrons. The van der Waals surface area contributed by atoms with E-state index < -0.39 is 0 Å². The summed E-state index contributed by atoms with van der Waals surface area (Å²) in [6.45, 7) is 2.78. The third kappa shape index (κ3) is 13.4. The third-order valence-corrected chi connectivity index (χ3v) is 5.44. The maximum atomic E-state index is 13.2. The second kappa shape index (κ2) is 16.4. The first kappa shape index (κ1) is 25.6. The van der Waals surface area contributed by atoms with Gasteiger partial charge in [-0.15, -0.1) is 0 Å². The van der Waals surface area contributed by atoms with Crippen LogP contribution in [0, 0.1) is 5.82 Å². The first-order valence-electron chi connectivity index (χ1n) is 10.8. The minimum Gasteiger partial charge on any atom is -0.466 e. The second-order valence-corrected chi connectivity index (χ2v) is 8.15. The van der Waals surface area contributed by atoms with Crippen LogP contribution in [-0.2, 0) is 25.7 Å². The molecule has 1 aromatic rings. The summed E-state index contributed by atoms with van der Waals surface area (Å²) < 4.78 is 24.3. The monoisotopic (exact) mass is 472 g/mol. The van der Waals surface area contributed by atoms with Gasteiger partial charge < -0.3 is 9.47 Å². The van der Waals surface area contributed by atoms with Crippen LogP contribution in [0.1, 0.15) is 89.5 Å². The van der Waals surface area contributed by atoms with E-state index in [4.69, 9.17) is 9.47 Å². The molecule has 0 N–H and O–H groups in total. The van der Waals surface area contributed by atoms with Gasteiger partial charge in [0.15, 0.2) is 0 Å². The number of unbranched alkanes of at least 4 members (excludes halogenated alkanes) is 8. The molecule has 0 radical (unpaired) electrons. The molecule has 0 aromatic heterocycles. The van der Waals surface area contributed by atoms with Gasteiger partial charge in [0, 0.05) is 22.9 Å². The minimum atomic E-state index is -0.348. The highest BCUT2D eigenvalue weighted by atomic mass is 79.9. The van der Waals surface area contributed by atoms with Gasteiger partial charge in [-0.25, -0.2) is 4.39 Å². The Labute approximate surface area is 182 Å². The number of esters is 2. The Hall–Kier alpha value is -1.43. The summed E-state index contributed by atoms with van der Waals surface area (Å²) in [4.78, 5) is 23.4. The lowest BCUT2D eigenvalue weighted by Gasteiger charge is -2.07.